The molecule has 18 heavy (non-hydrogen) atoms. The number of aliphatic hydroxyl groups is 1. The second kappa shape index (κ2) is 6.18. The predicted octanol–water partition coefficient (Wildman–Crippen LogP) is 2.20. The van der Waals surface area contributed by atoms with Crippen molar-refractivity contribution >= 4 is 17.4 Å². The number of fused-ring (bicyclic) bond motifs is 1. The number of rotatable bonds is 5. The van der Waals surface area contributed by atoms with Crippen LogP contribution in [-0.2, 0) is 11.3 Å². The van der Waals surface area contributed by atoms with E-state index < -0.39 is 0 Å². The van der Waals surface area contributed by atoms with E-state index in [1.807, 2.05) is 0 Å². The molecule has 0 saturated heterocycles. The van der Waals surface area contributed by atoms with Gasteiger partial charge in [-0.3, -0.25) is 4.79 Å². The molecule has 0 aromatic heterocycles. The standard InChI is InChI=1S/C13H15ClO4/c14-11-7-10-12(16)2-5-18-13(10)6-9(11)8-17-4-1-3-15/h6-7,15H,1-5,8H2. The molecule has 1 aliphatic heterocycles. The van der Waals surface area contributed by atoms with Crippen molar-refractivity contribution in [3.8, 4) is 5.75 Å². The third kappa shape index (κ3) is 3.02. The van der Waals surface area contributed by atoms with Crippen LogP contribution in [0.2, 0.25) is 5.02 Å². The monoisotopic (exact) mass is 270 g/mol. The zero-order chi connectivity index (χ0) is 13.0. The Morgan fingerprint density at radius 1 is 1.44 bits per heavy atom. The summed E-state index contributed by atoms with van der Waals surface area (Å²) in [5.41, 5.74) is 1.34. The smallest absolute Gasteiger partial charge is 0.170 e. The Kier molecular flexibility index (Phi) is 4.58. The number of ketones is 1. The lowest BCUT2D eigenvalue weighted by molar-refractivity contribution is 0.0929. The zero-order valence-corrected chi connectivity index (χ0v) is 10.7. The minimum atomic E-state index is 0.0610. The van der Waals surface area contributed by atoms with E-state index in [1.54, 1.807) is 12.1 Å². The highest BCUT2D eigenvalue weighted by Crippen LogP contribution is 2.31. The molecule has 4 nitrogen and oxygen atoms in total. The minimum absolute atomic E-state index is 0.0610. The molecule has 1 N–H and O–H groups in total. The average Bonchev–Trinajstić information content (AvgIpc) is 2.36. The summed E-state index contributed by atoms with van der Waals surface area (Å²) in [6, 6.07) is 3.40. The molecule has 0 unspecified atom stereocenters. The lowest BCUT2D eigenvalue weighted by Crippen LogP contribution is -2.15. The Bertz CT molecular complexity index is 445. The Morgan fingerprint density at radius 3 is 3.06 bits per heavy atom. The number of halogens is 1. The molecular formula is C13H15ClO4. The normalized spacial score (nSPS) is 14.2. The molecule has 2 rings (SSSR count). The van der Waals surface area contributed by atoms with E-state index in [9.17, 15) is 4.79 Å². The fraction of sp³-hybridized carbons (Fsp3) is 0.462. The van der Waals surface area contributed by atoms with Crippen molar-refractivity contribution in [2.24, 2.45) is 0 Å². The van der Waals surface area contributed by atoms with Gasteiger partial charge in [0.05, 0.1) is 18.8 Å². The van der Waals surface area contributed by atoms with Gasteiger partial charge in [0.1, 0.15) is 5.75 Å². The summed E-state index contributed by atoms with van der Waals surface area (Å²) in [4.78, 5) is 11.7. The topological polar surface area (TPSA) is 55.8 Å². The number of Topliss-reactive ketones (excluding diaryl/α,β-unsaturated/α-hetero) is 1. The second-order valence-electron chi connectivity index (χ2n) is 4.09. The van der Waals surface area contributed by atoms with Crippen LogP contribution in [0.25, 0.3) is 0 Å². The van der Waals surface area contributed by atoms with Gasteiger partial charge < -0.3 is 14.6 Å². The van der Waals surface area contributed by atoms with E-state index in [4.69, 9.17) is 26.2 Å². The summed E-state index contributed by atoms with van der Waals surface area (Å²) in [5.74, 6) is 0.641. The van der Waals surface area contributed by atoms with E-state index in [0.717, 1.165) is 5.56 Å². The Morgan fingerprint density at radius 2 is 2.28 bits per heavy atom. The van der Waals surface area contributed by atoms with Crippen LogP contribution in [0, 0.1) is 0 Å². The average molecular weight is 271 g/mol. The molecule has 1 aliphatic rings. The van der Waals surface area contributed by atoms with E-state index >= 15 is 0 Å². The van der Waals surface area contributed by atoms with E-state index in [1.165, 1.54) is 0 Å². The number of ether oxygens (including phenoxy) is 2. The van der Waals surface area contributed by atoms with Crippen molar-refractivity contribution in [2.75, 3.05) is 19.8 Å². The van der Waals surface area contributed by atoms with Crippen LogP contribution in [0.1, 0.15) is 28.8 Å². The molecule has 98 valence electrons. The molecule has 5 heteroatoms. The largest absolute Gasteiger partial charge is 0.492 e. The van der Waals surface area contributed by atoms with E-state index in [0.29, 0.717) is 49.0 Å². The Hall–Kier alpha value is -1.10. The third-order valence-corrected chi connectivity index (χ3v) is 3.09. The highest BCUT2D eigenvalue weighted by atomic mass is 35.5. The molecule has 0 radical (unpaired) electrons. The van der Waals surface area contributed by atoms with Gasteiger partial charge in [0.2, 0.25) is 0 Å². The van der Waals surface area contributed by atoms with E-state index in [-0.39, 0.29) is 12.4 Å². The van der Waals surface area contributed by atoms with Gasteiger partial charge in [-0.1, -0.05) is 11.6 Å². The van der Waals surface area contributed by atoms with Crippen LogP contribution in [0.5, 0.6) is 5.75 Å². The molecule has 1 heterocycles. The molecular weight excluding hydrogens is 256 g/mol. The maximum Gasteiger partial charge on any atom is 0.170 e. The fourth-order valence-electron chi connectivity index (χ4n) is 1.78. The maximum atomic E-state index is 11.7. The summed E-state index contributed by atoms with van der Waals surface area (Å²) in [7, 11) is 0. The first-order valence-electron chi connectivity index (χ1n) is 5.89. The molecule has 1 aromatic rings. The van der Waals surface area contributed by atoms with Gasteiger partial charge in [0.15, 0.2) is 5.78 Å². The molecule has 0 amide bonds. The minimum Gasteiger partial charge on any atom is -0.492 e. The zero-order valence-electron chi connectivity index (χ0n) is 9.95. The van der Waals surface area contributed by atoms with Gasteiger partial charge in [-0.15, -0.1) is 0 Å². The molecule has 0 aliphatic carbocycles. The first kappa shape index (κ1) is 13.3. The van der Waals surface area contributed by atoms with Gasteiger partial charge in [-0.2, -0.15) is 0 Å². The molecule has 0 bridgehead atoms. The highest BCUT2D eigenvalue weighted by molar-refractivity contribution is 6.31. The number of aliphatic hydroxyl groups excluding tert-OH is 1. The van der Waals surface area contributed by atoms with Gasteiger partial charge in [0, 0.05) is 30.2 Å². The maximum absolute atomic E-state index is 11.7. The number of hydrogen-bond donors (Lipinski definition) is 1. The summed E-state index contributed by atoms with van der Waals surface area (Å²) in [6.45, 7) is 1.35. The molecule has 0 fully saturated rings. The van der Waals surface area contributed by atoms with Crippen LogP contribution in [0.15, 0.2) is 12.1 Å². The summed E-state index contributed by atoms with van der Waals surface area (Å²) >= 11 is 6.10. The van der Waals surface area contributed by atoms with Gasteiger partial charge in [-0.25, -0.2) is 0 Å². The van der Waals surface area contributed by atoms with Crippen LogP contribution in [-0.4, -0.2) is 30.7 Å². The van der Waals surface area contributed by atoms with Crippen molar-refractivity contribution in [1.82, 2.24) is 0 Å². The van der Waals surface area contributed by atoms with Crippen molar-refractivity contribution < 1.29 is 19.4 Å². The lowest BCUT2D eigenvalue weighted by Gasteiger charge is -2.18. The third-order valence-electron chi connectivity index (χ3n) is 2.74. The van der Waals surface area contributed by atoms with Crippen LogP contribution in [0.3, 0.4) is 0 Å². The van der Waals surface area contributed by atoms with E-state index in [2.05, 4.69) is 0 Å². The molecule has 0 saturated carbocycles. The quantitative estimate of drug-likeness (QED) is 0.834. The van der Waals surface area contributed by atoms with Crippen LogP contribution < -0.4 is 4.74 Å². The number of hydrogen-bond acceptors (Lipinski definition) is 4. The molecule has 1 aromatic carbocycles. The Labute approximate surface area is 110 Å². The Balaban J connectivity index is 2.10. The second-order valence-corrected chi connectivity index (χ2v) is 4.50. The van der Waals surface area contributed by atoms with Crippen LogP contribution in [0.4, 0.5) is 0 Å². The van der Waals surface area contributed by atoms with Gasteiger partial charge in [0.25, 0.3) is 0 Å². The summed E-state index contributed by atoms with van der Waals surface area (Å²) in [6.07, 6.45) is 0.993. The van der Waals surface area contributed by atoms with Gasteiger partial charge in [-0.05, 0) is 18.6 Å². The van der Waals surface area contributed by atoms with Crippen molar-refractivity contribution in [3.63, 3.8) is 0 Å². The predicted molar refractivity (Wildman–Crippen MR) is 67.3 cm³/mol. The molecule has 0 spiro atoms. The van der Waals surface area contributed by atoms with Crippen LogP contribution >= 0.6 is 11.6 Å². The SMILES string of the molecule is O=C1CCOc2cc(COCCCO)c(Cl)cc21. The fourth-order valence-corrected chi connectivity index (χ4v) is 2.00. The van der Waals surface area contributed by atoms with Crippen molar-refractivity contribution in [3.05, 3.63) is 28.3 Å². The first-order chi connectivity index (χ1) is 8.72. The number of carbonyl (C=O) groups excluding carboxylic acids is 1. The lowest BCUT2D eigenvalue weighted by atomic mass is 10.0. The van der Waals surface area contributed by atoms with Gasteiger partial charge >= 0.3 is 0 Å². The van der Waals surface area contributed by atoms with Crippen molar-refractivity contribution in [2.45, 2.75) is 19.4 Å². The highest BCUT2D eigenvalue weighted by Gasteiger charge is 2.20. The number of benzene rings is 1. The summed E-state index contributed by atoms with van der Waals surface area (Å²) in [5, 5.41) is 9.15. The first-order valence-corrected chi connectivity index (χ1v) is 6.27. The van der Waals surface area contributed by atoms with Crippen molar-refractivity contribution in [1.29, 1.82) is 0 Å². The number of carbonyl (C=O) groups is 1. The summed E-state index contributed by atoms with van der Waals surface area (Å²) < 4.78 is 10.8. The molecule has 0 atom stereocenters.